The van der Waals surface area contributed by atoms with Gasteiger partial charge in [-0.15, -0.1) is 0 Å². The van der Waals surface area contributed by atoms with Gasteiger partial charge in [0.15, 0.2) is 6.29 Å². The van der Waals surface area contributed by atoms with Crippen molar-refractivity contribution in [1.29, 1.82) is 0 Å². The van der Waals surface area contributed by atoms with Crippen LogP contribution in [0, 0.1) is 0 Å². The van der Waals surface area contributed by atoms with Gasteiger partial charge in [0.1, 0.15) is 12.6 Å². The molecule has 0 aromatic carbocycles. The normalized spacial score (nSPS) is 15.6. The summed E-state index contributed by atoms with van der Waals surface area (Å²) in [7, 11) is 5.79. The van der Waals surface area contributed by atoms with Crippen LogP contribution < -0.4 is 0 Å². The lowest BCUT2D eigenvalue weighted by Crippen LogP contribution is -2.44. The van der Waals surface area contributed by atoms with Crippen LogP contribution in [-0.4, -0.2) is 72.5 Å². The molecule has 0 saturated carbocycles. The van der Waals surface area contributed by atoms with E-state index in [-0.39, 0.29) is 13.0 Å². The van der Waals surface area contributed by atoms with Crippen LogP contribution in [0.15, 0.2) is 0 Å². The summed E-state index contributed by atoms with van der Waals surface area (Å²) >= 11 is 0. The lowest BCUT2D eigenvalue weighted by molar-refractivity contribution is -0.873. The first-order valence-electron chi connectivity index (χ1n) is 5.71. The lowest BCUT2D eigenvalue weighted by Gasteiger charge is -2.29. The zero-order valence-corrected chi connectivity index (χ0v) is 10.8. The molecule has 0 bridgehead atoms. The Morgan fingerprint density at radius 1 is 1.35 bits per heavy atom. The molecular formula is C11H24NO5+. The summed E-state index contributed by atoms with van der Waals surface area (Å²) in [6.45, 7) is 0.488. The van der Waals surface area contributed by atoms with Crippen LogP contribution in [0.1, 0.15) is 19.3 Å². The van der Waals surface area contributed by atoms with Crippen molar-refractivity contribution >= 4 is 5.97 Å². The van der Waals surface area contributed by atoms with E-state index in [0.29, 0.717) is 23.9 Å². The predicted molar refractivity (Wildman–Crippen MR) is 62.4 cm³/mol. The van der Waals surface area contributed by atoms with E-state index >= 15 is 0 Å². The summed E-state index contributed by atoms with van der Waals surface area (Å²) in [5.41, 5.74) is 0. The zero-order chi connectivity index (χ0) is 13.5. The van der Waals surface area contributed by atoms with Gasteiger partial charge >= 0.3 is 5.97 Å². The molecule has 0 amide bonds. The van der Waals surface area contributed by atoms with Crippen molar-refractivity contribution in [2.75, 3.05) is 34.3 Å². The topological polar surface area (TPSA) is 87.0 Å². The second-order valence-electron chi connectivity index (χ2n) is 5.15. The summed E-state index contributed by atoms with van der Waals surface area (Å²) in [6, 6.07) is 0. The maximum atomic E-state index is 10.7. The Kier molecular flexibility index (Phi) is 7.29. The molecule has 0 rings (SSSR count). The number of likely N-dealkylation sites (N-methyl/N-ethyl adjacent to an activating group) is 1. The van der Waals surface area contributed by atoms with Crippen LogP contribution in [0.2, 0.25) is 0 Å². The van der Waals surface area contributed by atoms with Crippen LogP contribution in [0.5, 0.6) is 0 Å². The third-order valence-electron chi connectivity index (χ3n) is 2.11. The van der Waals surface area contributed by atoms with Gasteiger partial charge in [-0.25, -0.2) is 0 Å². The molecule has 0 aromatic rings. The fourth-order valence-electron chi connectivity index (χ4n) is 1.52. The van der Waals surface area contributed by atoms with E-state index in [0.717, 1.165) is 0 Å². The van der Waals surface area contributed by atoms with Crippen molar-refractivity contribution in [1.82, 2.24) is 0 Å². The number of aliphatic hydroxyl groups is 2. The Labute approximate surface area is 102 Å². The summed E-state index contributed by atoms with van der Waals surface area (Å²) in [5, 5.41) is 26.9. The second kappa shape index (κ2) is 7.60. The molecule has 0 spiro atoms. The number of ether oxygens (including phenoxy) is 1. The first-order valence-corrected chi connectivity index (χ1v) is 5.71. The highest BCUT2D eigenvalue weighted by molar-refractivity contribution is 5.67. The highest BCUT2D eigenvalue weighted by atomic mass is 16.6. The number of carbonyl (C=O) groups is 1. The number of rotatable bonds is 9. The van der Waals surface area contributed by atoms with Gasteiger partial charge in [-0.3, -0.25) is 4.79 Å². The van der Waals surface area contributed by atoms with Crippen molar-refractivity contribution in [3.8, 4) is 0 Å². The zero-order valence-electron chi connectivity index (χ0n) is 10.8. The van der Waals surface area contributed by atoms with Crippen LogP contribution in [0.3, 0.4) is 0 Å². The minimum atomic E-state index is -1.02. The molecule has 6 nitrogen and oxygen atoms in total. The van der Waals surface area contributed by atoms with Gasteiger partial charge in [0.05, 0.1) is 27.6 Å². The highest BCUT2D eigenvalue weighted by Gasteiger charge is 2.24. The number of carboxylic acids is 1. The minimum absolute atomic E-state index is 0.0145. The van der Waals surface area contributed by atoms with Crippen molar-refractivity contribution in [2.45, 2.75) is 31.7 Å². The van der Waals surface area contributed by atoms with Gasteiger partial charge < -0.3 is 24.5 Å². The van der Waals surface area contributed by atoms with Gasteiger partial charge in [0.25, 0.3) is 0 Å². The van der Waals surface area contributed by atoms with Gasteiger partial charge in [0, 0.05) is 13.0 Å². The number of nitrogens with zero attached hydrogens (tertiary/aromatic N) is 1. The fraction of sp³-hybridized carbons (Fsp3) is 0.909. The fourth-order valence-corrected chi connectivity index (χ4v) is 1.52. The molecule has 17 heavy (non-hydrogen) atoms. The average molecular weight is 250 g/mol. The van der Waals surface area contributed by atoms with Crippen molar-refractivity contribution in [3.63, 3.8) is 0 Å². The van der Waals surface area contributed by atoms with Gasteiger partial charge in [-0.05, 0) is 6.42 Å². The number of quaternary nitrogens is 1. The summed E-state index contributed by atoms with van der Waals surface area (Å²) in [5.74, 6) is -0.946. The molecule has 1 unspecified atom stereocenters. The van der Waals surface area contributed by atoms with Gasteiger partial charge in [-0.1, -0.05) is 0 Å². The molecule has 0 heterocycles. The molecule has 6 heteroatoms. The number of carboxylic acid groups (broad SMARTS) is 1. The van der Waals surface area contributed by atoms with E-state index in [2.05, 4.69) is 0 Å². The Hall–Kier alpha value is -0.690. The molecule has 0 aliphatic rings. The molecule has 0 fully saturated rings. The maximum Gasteiger partial charge on any atom is 0.306 e. The Bertz CT molecular complexity index is 226. The third-order valence-corrected chi connectivity index (χ3v) is 2.11. The Balaban J connectivity index is 4.22. The summed E-state index contributed by atoms with van der Waals surface area (Å²) < 4.78 is 5.85. The molecule has 0 aliphatic heterocycles. The van der Waals surface area contributed by atoms with Gasteiger partial charge in [0.2, 0.25) is 0 Å². The van der Waals surface area contributed by atoms with E-state index in [4.69, 9.17) is 14.9 Å². The molecule has 0 aliphatic carbocycles. The van der Waals surface area contributed by atoms with Gasteiger partial charge in [-0.2, -0.15) is 0 Å². The number of hydrogen-bond acceptors (Lipinski definition) is 4. The second-order valence-corrected chi connectivity index (χ2v) is 5.15. The molecule has 0 radical (unpaired) electrons. The van der Waals surface area contributed by atoms with E-state index < -0.39 is 18.4 Å². The first kappa shape index (κ1) is 16.3. The highest BCUT2D eigenvalue weighted by Crippen LogP contribution is 2.09. The molecule has 2 atom stereocenters. The van der Waals surface area contributed by atoms with Crippen LogP contribution in [0.4, 0.5) is 0 Å². The van der Waals surface area contributed by atoms with Crippen LogP contribution in [-0.2, 0) is 9.53 Å². The molecule has 102 valence electrons. The van der Waals surface area contributed by atoms with E-state index in [9.17, 15) is 9.90 Å². The predicted octanol–water partition coefficient (Wildman–Crippen LogP) is -0.357. The van der Waals surface area contributed by atoms with Crippen LogP contribution in [0.25, 0.3) is 0 Å². The monoisotopic (exact) mass is 250 g/mol. The summed E-state index contributed by atoms with van der Waals surface area (Å²) in [6.07, 6.45) is -0.930. The van der Waals surface area contributed by atoms with E-state index in [1.165, 1.54) is 0 Å². The van der Waals surface area contributed by atoms with Crippen molar-refractivity contribution in [3.05, 3.63) is 0 Å². The van der Waals surface area contributed by atoms with Crippen LogP contribution >= 0.6 is 0 Å². The number of aliphatic hydroxyl groups excluding tert-OH is 2. The Morgan fingerprint density at radius 3 is 2.35 bits per heavy atom. The molecule has 0 aromatic heterocycles. The molecular weight excluding hydrogens is 226 g/mol. The standard InChI is InChI=1S/C11H23NO5/c1-12(2,3)8-9(7-10(14)15)17-11(16)5-4-6-13/h9,11,13,16H,4-8H2,1-3H3/p+1/t9-,11?/m1/s1. The maximum absolute atomic E-state index is 10.7. The van der Waals surface area contributed by atoms with Crippen molar-refractivity contribution < 1.29 is 29.3 Å². The van der Waals surface area contributed by atoms with Crippen molar-refractivity contribution in [2.24, 2.45) is 0 Å². The smallest absolute Gasteiger partial charge is 0.306 e. The molecule has 0 saturated heterocycles. The lowest BCUT2D eigenvalue weighted by atomic mass is 10.2. The third kappa shape index (κ3) is 10.2. The summed E-state index contributed by atoms with van der Waals surface area (Å²) in [4.78, 5) is 10.7. The minimum Gasteiger partial charge on any atom is -0.481 e. The van der Waals surface area contributed by atoms with E-state index in [1.807, 2.05) is 21.1 Å². The number of hydrogen-bond donors (Lipinski definition) is 3. The number of aliphatic carboxylic acids is 1. The van der Waals surface area contributed by atoms with E-state index in [1.54, 1.807) is 0 Å². The first-order chi connectivity index (χ1) is 7.74. The average Bonchev–Trinajstić information content (AvgIpc) is 2.10. The SMILES string of the molecule is C[N+](C)(C)C[C@@H](CC(=O)O)OC(O)CCCO. The molecule has 3 N–H and O–H groups in total. The largest absolute Gasteiger partial charge is 0.481 e. The Morgan fingerprint density at radius 2 is 1.94 bits per heavy atom. The quantitative estimate of drug-likeness (QED) is 0.384.